The Morgan fingerprint density at radius 3 is 2.06 bits per heavy atom. The van der Waals surface area contributed by atoms with Crippen molar-refractivity contribution in [2.45, 2.75) is 10.9 Å². The topological polar surface area (TPSA) is 102 Å². The van der Waals surface area contributed by atoms with E-state index in [-0.39, 0.29) is 10.9 Å². The predicted molar refractivity (Wildman–Crippen MR) is 121 cm³/mol. The van der Waals surface area contributed by atoms with Crippen molar-refractivity contribution in [2.75, 3.05) is 16.9 Å². The van der Waals surface area contributed by atoms with Crippen molar-refractivity contribution < 1.29 is 8.42 Å². The molecule has 0 bridgehead atoms. The summed E-state index contributed by atoms with van der Waals surface area (Å²) in [7, 11) is -3.40. The third-order valence-corrected chi connectivity index (χ3v) is 5.90. The third-order valence-electron chi connectivity index (χ3n) is 4.79. The largest absolute Gasteiger partial charge is 0.384 e. The Hall–Kier alpha value is -3.78. The van der Waals surface area contributed by atoms with E-state index in [1.807, 2.05) is 47.4 Å². The molecule has 1 aromatic carbocycles. The van der Waals surface area contributed by atoms with Gasteiger partial charge in [0.15, 0.2) is 9.84 Å². The van der Waals surface area contributed by atoms with Gasteiger partial charge >= 0.3 is 0 Å². The highest BCUT2D eigenvalue weighted by atomic mass is 32.2. The number of benzene rings is 1. The number of rotatable bonds is 6. The number of hydrogen-bond acceptors (Lipinski definition) is 7. The number of nitrogen functional groups attached to an aromatic ring is 1. The van der Waals surface area contributed by atoms with E-state index in [2.05, 4.69) is 15.0 Å². The molecular formula is C23H21N5O2S. The van der Waals surface area contributed by atoms with E-state index in [1.54, 1.807) is 49.1 Å². The summed E-state index contributed by atoms with van der Waals surface area (Å²) in [5.74, 6) is 0.932. The van der Waals surface area contributed by atoms with Gasteiger partial charge in [-0.2, -0.15) is 0 Å². The number of hydrogen-bond donors (Lipinski definition) is 1. The smallest absolute Gasteiger partial charge is 0.175 e. The maximum Gasteiger partial charge on any atom is 0.175 e. The Morgan fingerprint density at radius 1 is 0.871 bits per heavy atom. The normalized spacial score (nSPS) is 11.4. The summed E-state index contributed by atoms with van der Waals surface area (Å²) >= 11 is 0. The van der Waals surface area contributed by atoms with Gasteiger partial charge in [-0.1, -0.05) is 24.3 Å². The highest BCUT2D eigenvalue weighted by molar-refractivity contribution is 7.90. The van der Waals surface area contributed by atoms with Gasteiger partial charge < -0.3 is 10.6 Å². The van der Waals surface area contributed by atoms with Gasteiger partial charge in [0.05, 0.1) is 10.9 Å². The van der Waals surface area contributed by atoms with Crippen LogP contribution in [-0.2, 0) is 9.84 Å². The lowest BCUT2D eigenvalue weighted by molar-refractivity contribution is 0.602. The first-order valence-corrected chi connectivity index (χ1v) is 11.4. The zero-order valence-corrected chi connectivity index (χ0v) is 17.6. The van der Waals surface area contributed by atoms with E-state index in [9.17, 15) is 8.42 Å². The molecule has 0 spiro atoms. The van der Waals surface area contributed by atoms with Gasteiger partial charge in [0, 0.05) is 36.7 Å². The van der Waals surface area contributed by atoms with Crippen LogP contribution in [0.25, 0.3) is 0 Å². The van der Waals surface area contributed by atoms with Gasteiger partial charge in [-0.3, -0.25) is 9.97 Å². The Balaban J connectivity index is 1.99. The number of nitrogens with zero attached hydrogens (tertiary/aromatic N) is 4. The molecule has 0 aliphatic heterocycles. The summed E-state index contributed by atoms with van der Waals surface area (Å²) in [6.07, 6.45) is 8.15. The Labute approximate surface area is 181 Å². The summed E-state index contributed by atoms with van der Waals surface area (Å²) in [6.45, 7) is 0. The highest BCUT2D eigenvalue weighted by Crippen LogP contribution is 2.38. The summed E-state index contributed by atoms with van der Waals surface area (Å²) in [5.41, 5.74) is 8.43. The van der Waals surface area contributed by atoms with Crippen LogP contribution in [0.4, 0.5) is 17.3 Å². The molecule has 4 rings (SSSR count). The molecule has 7 nitrogen and oxygen atoms in total. The standard InChI is InChI=1S/C23H21N5O2S/c1-31(29,30)20-9-2-8-19(14-20)28(22-11-3-10-21(24)27-22)23(17-6-4-12-25-15-17)18-7-5-13-26-16-18/h2-16,23H,1H3,(H2,24,27). The molecule has 156 valence electrons. The van der Waals surface area contributed by atoms with Crippen molar-refractivity contribution in [3.8, 4) is 0 Å². The second-order valence-corrected chi connectivity index (χ2v) is 9.05. The minimum absolute atomic E-state index is 0.218. The molecule has 0 unspecified atom stereocenters. The van der Waals surface area contributed by atoms with Crippen LogP contribution in [0.15, 0.2) is 96.4 Å². The molecule has 8 heteroatoms. The average Bonchev–Trinajstić information content (AvgIpc) is 2.78. The number of aromatic nitrogens is 3. The lowest BCUT2D eigenvalue weighted by atomic mass is 9.99. The Kier molecular flexibility index (Phi) is 5.64. The number of pyridine rings is 3. The van der Waals surface area contributed by atoms with Crippen LogP contribution in [0.1, 0.15) is 17.2 Å². The zero-order valence-electron chi connectivity index (χ0n) is 16.8. The second kappa shape index (κ2) is 8.53. The van der Waals surface area contributed by atoms with Crippen LogP contribution in [0, 0.1) is 0 Å². The van der Waals surface area contributed by atoms with E-state index in [0.717, 1.165) is 11.1 Å². The first kappa shape index (κ1) is 20.5. The van der Waals surface area contributed by atoms with Crippen LogP contribution in [0.2, 0.25) is 0 Å². The van der Waals surface area contributed by atoms with Crippen molar-refractivity contribution in [1.82, 2.24) is 15.0 Å². The minimum Gasteiger partial charge on any atom is -0.384 e. The van der Waals surface area contributed by atoms with E-state index in [0.29, 0.717) is 17.3 Å². The van der Waals surface area contributed by atoms with Crippen molar-refractivity contribution >= 4 is 27.2 Å². The maximum atomic E-state index is 12.2. The SMILES string of the molecule is CS(=O)(=O)c1cccc(N(c2cccc(N)n2)C(c2cccnc2)c2cccnc2)c1. The molecule has 0 amide bonds. The molecule has 0 saturated carbocycles. The van der Waals surface area contributed by atoms with Crippen molar-refractivity contribution in [3.05, 3.63) is 103 Å². The van der Waals surface area contributed by atoms with Crippen molar-refractivity contribution in [3.63, 3.8) is 0 Å². The molecule has 0 aliphatic carbocycles. The van der Waals surface area contributed by atoms with Gasteiger partial charge in [-0.05, 0) is 53.6 Å². The zero-order chi connectivity index (χ0) is 21.8. The molecule has 0 radical (unpaired) electrons. The quantitative estimate of drug-likeness (QED) is 0.495. The van der Waals surface area contributed by atoms with Gasteiger partial charge in [0.1, 0.15) is 11.6 Å². The molecular weight excluding hydrogens is 410 g/mol. The van der Waals surface area contributed by atoms with Gasteiger partial charge in [-0.15, -0.1) is 0 Å². The summed E-state index contributed by atoms with van der Waals surface area (Å²) < 4.78 is 24.5. The minimum atomic E-state index is -3.40. The van der Waals surface area contributed by atoms with E-state index in [4.69, 9.17) is 5.73 Å². The highest BCUT2D eigenvalue weighted by Gasteiger charge is 2.27. The van der Waals surface area contributed by atoms with Crippen LogP contribution in [-0.4, -0.2) is 29.6 Å². The van der Waals surface area contributed by atoms with E-state index in [1.165, 1.54) is 6.26 Å². The van der Waals surface area contributed by atoms with Crippen LogP contribution in [0.5, 0.6) is 0 Å². The number of sulfone groups is 1. The van der Waals surface area contributed by atoms with E-state index < -0.39 is 9.84 Å². The fourth-order valence-electron chi connectivity index (χ4n) is 3.42. The monoisotopic (exact) mass is 431 g/mol. The Bertz CT molecular complexity index is 1240. The summed E-state index contributed by atoms with van der Waals surface area (Å²) in [4.78, 5) is 15.3. The molecule has 4 aromatic rings. The fourth-order valence-corrected chi connectivity index (χ4v) is 4.08. The third kappa shape index (κ3) is 4.54. The predicted octanol–water partition coefficient (Wildman–Crippen LogP) is 3.79. The van der Waals surface area contributed by atoms with Crippen LogP contribution in [0.3, 0.4) is 0 Å². The lowest BCUT2D eigenvalue weighted by Gasteiger charge is -2.33. The molecule has 2 N–H and O–H groups in total. The molecule has 31 heavy (non-hydrogen) atoms. The number of anilines is 3. The molecule has 3 aromatic heterocycles. The molecule has 0 atom stereocenters. The molecule has 0 aliphatic rings. The average molecular weight is 432 g/mol. The summed E-state index contributed by atoms with van der Waals surface area (Å²) in [6, 6.07) is 19.4. The van der Waals surface area contributed by atoms with Gasteiger partial charge in [0.25, 0.3) is 0 Å². The fraction of sp³-hybridized carbons (Fsp3) is 0.0870. The van der Waals surface area contributed by atoms with Crippen LogP contribution < -0.4 is 10.6 Å². The molecule has 0 fully saturated rings. The maximum absolute atomic E-state index is 12.2. The van der Waals surface area contributed by atoms with E-state index >= 15 is 0 Å². The molecule has 0 saturated heterocycles. The van der Waals surface area contributed by atoms with Crippen LogP contribution >= 0.6 is 0 Å². The first-order valence-electron chi connectivity index (χ1n) is 9.55. The lowest BCUT2D eigenvalue weighted by Crippen LogP contribution is -2.26. The summed E-state index contributed by atoms with van der Waals surface area (Å²) in [5, 5.41) is 0. The second-order valence-electron chi connectivity index (χ2n) is 7.04. The Morgan fingerprint density at radius 2 is 1.52 bits per heavy atom. The molecule has 3 heterocycles. The van der Waals surface area contributed by atoms with Crippen molar-refractivity contribution in [1.29, 1.82) is 0 Å². The van der Waals surface area contributed by atoms with Gasteiger partial charge in [0.2, 0.25) is 0 Å². The number of nitrogens with two attached hydrogens (primary N) is 1. The van der Waals surface area contributed by atoms with Gasteiger partial charge in [-0.25, -0.2) is 13.4 Å². The first-order chi connectivity index (χ1) is 14.9. The van der Waals surface area contributed by atoms with Crippen molar-refractivity contribution in [2.24, 2.45) is 0 Å².